The van der Waals surface area contributed by atoms with Crippen molar-refractivity contribution in [2.45, 2.75) is 6.54 Å². The van der Waals surface area contributed by atoms with Crippen molar-refractivity contribution in [1.29, 1.82) is 5.26 Å². The van der Waals surface area contributed by atoms with Gasteiger partial charge >= 0.3 is 0 Å². The van der Waals surface area contributed by atoms with Gasteiger partial charge in [-0.3, -0.25) is 4.79 Å². The number of hydrogen-bond donors (Lipinski definition) is 1. The lowest BCUT2D eigenvalue weighted by atomic mass is 10.1. The molecule has 23 heavy (non-hydrogen) atoms. The zero-order valence-corrected chi connectivity index (χ0v) is 13.6. The van der Waals surface area contributed by atoms with Gasteiger partial charge in [0.2, 0.25) is 0 Å². The van der Waals surface area contributed by atoms with Crippen LogP contribution in [0.3, 0.4) is 0 Å². The zero-order chi connectivity index (χ0) is 16.7. The van der Waals surface area contributed by atoms with E-state index >= 15 is 0 Å². The molecule has 6 heteroatoms. The summed E-state index contributed by atoms with van der Waals surface area (Å²) < 4.78 is 10.4. The molecule has 0 aliphatic rings. The summed E-state index contributed by atoms with van der Waals surface area (Å²) in [5.41, 5.74) is 0.614. The summed E-state index contributed by atoms with van der Waals surface area (Å²) in [6.07, 6.45) is 1.49. The van der Waals surface area contributed by atoms with Gasteiger partial charge in [0.1, 0.15) is 23.1 Å². The van der Waals surface area contributed by atoms with Crippen LogP contribution in [0.4, 0.5) is 0 Å². The highest BCUT2D eigenvalue weighted by Gasteiger charge is 2.11. The van der Waals surface area contributed by atoms with Crippen molar-refractivity contribution < 1.29 is 14.3 Å². The summed E-state index contributed by atoms with van der Waals surface area (Å²) in [5.74, 6) is 0.753. The number of amides is 1. The number of benzene rings is 1. The van der Waals surface area contributed by atoms with E-state index in [2.05, 4.69) is 5.32 Å². The van der Waals surface area contributed by atoms with E-state index in [1.165, 1.54) is 13.2 Å². The summed E-state index contributed by atoms with van der Waals surface area (Å²) >= 11 is 1.55. The van der Waals surface area contributed by atoms with Gasteiger partial charge in [0, 0.05) is 10.4 Å². The van der Waals surface area contributed by atoms with E-state index in [4.69, 9.17) is 9.47 Å². The molecule has 0 spiro atoms. The molecule has 118 valence electrons. The van der Waals surface area contributed by atoms with Crippen LogP contribution in [0.5, 0.6) is 11.5 Å². The predicted octanol–water partition coefficient (Wildman–Crippen LogP) is 2.99. The second-order valence-electron chi connectivity index (χ2n) is 4.54. The van der Waals surface area contributed by atoms with Gasteiger partial charge < -0.3 is 14.8 Å². The van der Waals surface area contributed by atoms with Crippen LogP contribution >= 0.6 is 11.3 Å². The van der Waals surface area contributed by atoms with E-state index in [9.17, 15) is 10.1 Å². The van der Waals surface area contributed by atoms with Crippen LogP contribution in [0.1, 0.15) is 10.4 Å². The van der Waals surface area contributed by atoms with Gasteiger partial charge in [-0.2, -0.15) is 5.26 Å². The Kier molecular flexibility index (Phi) is 5.78. The molecule has 1 N–H and O–H groups in total. The number of thiophene rings is 1. The Balaban J connectivity index is 2.20. The molecule has 0 saturated carbocycles. The molecule has 1 aromatic carbocycles. The summed E-state index contributed by atoms with van der Waals surface area (Å²) in [6.45, 7) is 0.394. The average molecular weight is 328 g/mol. The average Bonchev–Trinajstić information content (AvgIpc) is 3.10. The summed E-state index contributed by atoms with van der Waals surface area (Å²) in [7, 11) is 3.08. The van der Waals surface area contributed by atoms with Crippen molar-refractivity contribution in [3.05, 3.63) is 51.7 Å². The number of nitrogens with zero attached hydrogens (tertiary/aromatic N) is 1. The molecular formula is C17H16N2O3S. The van der Waals surface area contributed by atoms with Crippen molar-refractivity contribution in [3.8, 4) is 17.6 Å². The number of methoxy groups -OCH3 is 2. The Labute approximate surface area is 138 Å². The summed E-state index contributed by atoms with van der Waals surface area (Å²) in [4.78, 5) is 13.2. The van der Waals surface area contributed by atoms with E-state index in [-0.39, 0.29) is 5.57 Å². The maximum Gasteiger partial charge on any atom is 0.262 e. The van der Waals surface area contributed by atoms with Crippen LogP contribution in [0.2, 0.25) is 0 Å². The van der Waals surface area contributed by atoms with E-state index in [0.29, 0.717) is 23.6 Å². The lowest BCUT2D eigenvalue weighted by Crippen LogP contribution is -2.23. The third-order valence-electron chi connectivity index (χ3n) is 3.11. The number of carbonyl (C=O) groups excluding carboxylic acids is 1. The van der Waals surface area contributed by atoms with E-state index in [1.54, 1.807) is 36.6 Å². The molecule has 0 aliphatic carbocycles. The first-order valence-corrected chi connectivity index (χ1v) is 7.70. The normalized spacial score (nSPS) is 10.7. The molecule has 0 fully saturated rings. The standard InChI is InChI=1S/C17H16N2O3S/c1-21-14-5-6-16(22-2)12(9-14)8-13(10-18)17(20)19-11-15-4-3-7-23-15/h3-9H,11H2,1-2H3,(H,19,20)/b13-8+. The topological polar surface area (TPSA) is 71.3 Å². The lowest BCUT2D eigenvalue weighted by Gasteiger charge is -2.08. The van der Waals surface area contributed by atoms with Crippen LogP contribution in [-0.4, -0.2) is 20.1 Å². The maximum atomic E-state index is 12.2. The number of hydrogen-bond acceptors (Lipinski definition) is 5. The number of rotatable bonds is 6. The largest absolute Gasteiger partial charge is 0.497 e. The minimum absolute atomic E-state index is 0.00751. The van der Waals surface area contributed by atoms with Gasteiger partial charge in [0.15, 0.2) is 0 Å². The highest BCUT2D eigenvalue weighted by molar-refractivity contribution is 7.09. The fraction of sp³-hybridized carbons (Fsp3) is 0.176. The molecule has 1 heterocycles. The number of nitrogens with one attached hydrogen (secondary N) is 1. The third-order valence-corrected chi connectivity index (χ3v) is 3.98. The van der Waals surface area contributed by atoms with Gasteiger partial charge in [-0.15, -0.1) is 11.3 Å². The molecule has 0 atom stereocenters. The van der Waals surface area contributed by atoms with Crippen molar-refractivity contribution in [2.24, 2.45) is 0 Å². The van der Waals surface area contributed by atoms with Crippen molar-refractivity contribution in [1.82, 2.24) is 5.32 Å². The molecule has 2 aromatic rings. The number of nitriles is 1. The Bertz CT molecular complexity index is 746. The van der Waals surface area contributed by atoms with Crippen LogP contribution in [-0.2, 0) is 11.3 Å². The molecule has 0 unspecified atom stereocenters. The Morgan fingerprint density at radius 3 is 2.78 bits per heavy atom. The summed E-state index contributed by atoms with van der Waals surface area (Å²) in [6, 6.07) is 10.9. The molecule has 1 amide bonds. The minimum Gasteiger partial charge on any atom is -0.497 e. The minimum atomic E-state index is -0.425. The molecule has 1 aromatic heterocycles. The number of ether oxygens (including phenoxy) is 2. The highest BCUT2D eigenvalue weighted by atomic mass is 32.1. The molecule has 2 rings (SSSR count). The van der Waals surface area contributed by atoms with Crippen LogP contribution in [0.25, 0.3) is 6.08 Å². The number of carbonyl (C=O) groups is 1. The van der Waals surface area contributed by atoms with E-state index in [0.717, 1.165) is 4.88 Å². The smallest absolute Gasteiger partial charge is 0.262 e. The third kappa shape index (κ3) is 4.34. The lowest BCUT2D eigenvalue weighted by molar-refractivity contribution is -0.117. The molecule has 0 bridgehead atoms. The van der Waals surface area contributed by atoms with Crippen LogP contribution in [0, 0.1) is 11.3 Å². The first-order valence-electron chi connectivity index (χ1n) is 6.82. The molecule has 0 radical (unpaired) electrons. The second-order valence-corrected chi connectivity index (χ2v) is 5.57. The Morgan fingerprint density at radius 1 is 1.35 bits per heavy atom. The van der Waals surface area contributed by atoms with Crippen LogP contribution in [0.15, 0.2) is 41.3 Å². The van der Waals surface area contributed by atoms with E-state index in [1.807, 2.05) is 23.6 Å². The van der Waals surface area contributed by atoms with E-state index < -0.39 is 5.91 Å². The highest BCUT2D eigenvalue weighted by Crippen LogP contribution is 2.26. The van der Waals surface area contributed by atoms with Gasteiger partial charge in [-0.1, -0.05) is 6.07 Å². The van der Waals surface area contributed by atoms with Crippen molar-refractivity contribution in [3.63, 3.8) is 0 Å². The molecule has 5 nitrogen and oxygen atoms in total. The Hall–Kier alpha value is -2.78. The molecule has 0 saturated heterocycles. The van der Waals surface area contributed by atoms with Gasteiger partial charge in [0.25, 0.3) is 5.91 Å². The summed E-state index contributed by atoms with van der Waals surface area (Å²) in [5, 5.41) is 13.9. The predicted molar refractivity (Wildman–Crippen MR) is 89.3 cm³/mol. The zero-order valence-electron chi connectivity index (χ0n) is 12.8. The second kappa shape index (κ2) is 8.01. The Morgan fingerprint density at radius 2 is 2.17 bits per heavy atom. The quantitative estimate of drug-likeness (QED) is 0.653. The van der Waals surface area contributed by atoms with Gasteiger partial charge in [-0.25, -0.2) is 0 Å². The maximum absolute atomic E-state index is 12.2. The molecular weight excluding hydrogens is 312 g/mol. The van der Waals surface area contributed by atoms with Gasteiger partial charge in [0.05, 0.1) is 20.8 Å². The molecule has 0 aliphatic heterocycles. The fourth-order valence-corrected chi connectivity index (χ4v) is 2.58. The van der Waals surface area contributed by atoms with Gasteiger partial charge in [-0.05, 0) is 35.7 Å². The first kappa shape index (κ1) is 16.6. The first-order chi connectivity index (χ1) is 11.2. The van der Waals surface area contributed by atoms with Crippen molar-refractivity contribution in [2.75, 3.05) is 14.2 Å². The van der Waals surface area contributed by atoms with Crippen molar-refractivity contribution >= 4 is 23.3 Å². The fourth-order valence-electron chi connectivity index (χ4n) is 1.93. The van der Waals surface area contributed by atoms with Crippen LogP contribution < -0.4 is 14.8 Å². The monoisotopic (exact) mass is 328 g/mol. The SMILES string of the molecule is COc1ccc(OC)c(/C=C(\C#N)C(=O)NCc2cccs2)c1.